The zero-order valence-corrected chi connectivity index (χ0v) is 13.7. The average Bonchev–Trinajstić information content (AvgIpc) is 2.53. The van der Waals surface area contributed by atoms with Crippen LogP contribution >= 0.6 is 0 Å². The molecule has 0 atom stereocenters. The largest absolute Gasteiger partial charge is 0.343 e. The Morgan fingerprint density at radius 3 is 2.17 bits per heavy atom. The van der Waals surface area contributed by atoms with Crippen molar-refractivity contribution in [1.29, 1.82) is 0 Å². The summed E-state index contributed by atoms with van der Waals surface area (Å²) in [5.74, 6) is -0.504. The molecule has 0 heterocycles. The van der Waals surface area contributed by atoms with Crippen LogP contribution in [-0.4, -0.2) is 18.4 Å². The van der Waals surface area contributed by atoms with Gasteiger partial charge < -0.3 is 10.6 Å². The first-order valence-corrected chi connectivity index (χ1v) is 7.60. The molecule has 0 aliphatic rings. The molecule has 0 unspecified atom stereocenters. The van der Waals surface area contributed by atoms with Gasteiger partial charge in [0.05, 0.1) is 6.54 Å². The minimum atomic E-state index is -0.259. The van der Waals surface area contributed by atoms with E-state index >= 15 is 0 Å². The normalized spacial score (nSPS) is 10.9. The van der Waals surface area contributed by atoms with Gasteiger partial charge in [0, 0.05) is 11.3 Å². The molecule has 4 nitrogen and oxygen atoms in total. The Labute approximate surface area is 136 Å². The zero-order chi connectivity index (χ0) is 16.9. The van der Waals surface area contributed by atoms with E-state index in [-0.39, 0.29) is 23.8 Å². The maximum atomic E-state index is 12.1. The van der Waals surface area contributed by atoms with Crippen molar-refractivity contribution in [3.63, 3.8) is 0 Å². The van der Waals surface area contributed by atoms with Crippen molar-refractivity contribution >= 4 is 17.5 Å². The molecule has 0 aromatic heterocycles. The highest BCUT2D eigenvalue weighted by molar-refractivity contribution is 5.99. The van der Waals surface area contributed by atoms with Crippen LogP contribution in [0.3, 0.4) is 0 Å². The van der Waals surface area contributed by atoms with Gasteiger partial charge >= 0.3 is 0 Å². The van der Waals surface area contributed by atoms with Crippen LogP contribution in [0, 0.1) is 0 Å². The fourth-order valence-electron chi connectivity index (χ4n) is 2.29. The average molecular weight is 310 g/mol. The van der Waals surface area contributed by atoms with E-state index in [0.29, 0.717) is 5.56 Å². The minimum Gasteiger partial charge on any atom is -0.343 e. The topological polar surface area (TPSA) is 58.2 Å². The molecule has 2 aromatic carbocycles. The second-order valence-corrected chi connectivity index (χ2v) is 6.39. The summed E-state index contributed by atoms with van der Waals surface area (Å²) in [6, 6.07) is 16.5. The van der Waals surface area contributed by atoms with Crippen molar-refractivity contribution in [1.82, 2.24) is 5.32 Å². The van der Waals surface area contributed by atoms with E-state index in [1.807, 2.05) is 30.3 Å². The smallest absolute Gasteiger partial charge is 0.251 e. The van der Waals surface area contributed by atoms with Gasteiger partial charge in [0.1, 0.15) is 0 Å². The van der Waals surface area contributed by atoms with Crippen LogP contribution in [0.1, 0.15) is 36.7 Å². The molecule has 0 radical (unpaired) electrons. The van der Waals surface area contributed by atoms with E-state index in [0.717, 1.165) is 11.3 Å². The first kappa shape index (κ1) is 16.7. The third-order valence-corrected chi connectivity index (χ3v) is 3.45. The van der Waals surface area contributed by atoms with Gasteiger partial charge in [0.25, 0.3) is 5.91 Å². The van der Waals surface area contributed by atoms with Crippen LogP contribution in [0.15, 0.2) is 54.6 Å². The Bertz CT molecular complexity index is 688. The van der Waals surface area contributed by atoms with Crippen LogP contribution in [0.4, 0.5) is 5.69 Å². The van der Waals surface area contributed by atoms with Crippen molar-refractivity contribution in [2.75, 3.05) is 11.9 Å². The summed E-state index contributed by atoms with van der Waals surface area (Å²) < 4.78 is 0. The summed E-state index contributed by atoms with van der Waals surface area (Å²) >= 11 is 0. The van der Waals surface area contributed by atoms with Gasteiger partial charge in [-0.3, -0.25) is 9.59 Å². The number of carbonyl (C=O) groups is 2. The van der Waals surface area contributed by atoms with E-state index in [1.54, 1.807) is 24.3 Å². The Kier molecular flexibility index (Phi) is 5.16. The molecule has 0 aliphatic heterocycles. The quantitative estimate of drug-likeness (QED) is 0.910. The predicted molar refractivity (Wildman–Crippen MR) is 92.5 cm³/mol. The minimum absolute atomic E-state index is 0.0633. The highest BCUT2D eigenvalue weighted by atomic mass is 16.2. The fourth-order valence-corrected chi connectivity index (χ4v) is 2.29. The number of para-hydroxylation sites is 1. The van der Waals surface area contributed by atoms with E-state index in [1.165, 1.54) is 0 Å². The van der Waals surface area contributed by atoms with Crippen molar-refractivity contribution in [3.05, 3.63) is 65.7 Å². The number of nitrogens with one attached hydrogen (secondary N) is 2. The summed E-state index contributed by atoms with van der Waals surface area (Å²) in [4.78, 5) is 24.0. The SMILES string of the molecule is CC(C)(C)c1ccccc1NC(=O)CNC(=O)c1ccccc1. The van der Waals surface area contributed by atoms with Gasteiger partial charge in [0.15, 0.2) is 0 Å². The maximum Gasteiger partial charge on any atom is 0.251 e. The Morgan fingerprint density at radius 1 is 0.913 bits per heavy atom. The number of benzene rings is 2. The lowest BCUT2D eigenvalue weighted by molar-refractivity contribution is -0.115. The lowest BCUT2D eigenvalue weighted by Gasteiger charge is -2.23. The maximum absolute atomic E-state index is 12.1. The van der Waals surface area contributed by atoms with Crippen LogP contribution < -0.4 is 10.6 Å². The van der Waals surface area contributed by atoms with Crippen molar-refractivity contribution in [3.8, 4) is 0 Å². The fraction of sp³-hybridized carbons (Fsp3) is 0.263. The van der Waals surface area contributed by atoms with Crippen LogP contribution in [0.5, 0.6) is 0 Å². The Morgan fingerprint density at radius 2 is 1.52 bits per heavy atom. The summed E-state index contributed by atoms with van der Waals surface area (Å²) in [6.45, 7) is 6.21. The van der Waals surface area contributed by atoms with Gasteiger partial charge in [-0.05, 0) is 29.2 Å². The third kappa shape index (κ3) is 4.68. The highest BCUT2D eigenvalue weighted by Gasteiger charge is 2.18. The predicted octanol–water partition coefficient (Wildman–Crippen LogP) is 3.35. The summed E-state index contributed by atoms with van der Waals surface area (Å²) in [5.41, 5.74) is 2.30. The van der Waals surface area contributed by atoms with Gasteiger partial charge in [-0.15, -0.1) is 0 Å². The van der Waals surface area contributed by atoms with Crippen LogP contribution in [0.2, 0.25) is 0 Å². The van der Waals surface area contributed by atoms with Crippen molar-refractivity contribution in [2.24, 2.45) is 0 Å². The van der Waals surface area contributed by atoms with Crippen LogP contribution in [0.25, 0.3) is 0 Å². The molecule has 0 fully saturated rings. The highest BCUT2D eigenvalue weighted by Crippen LogP contribution is 2.29. The van der Waals surface area contributed by atoms with Gasteiger partial charge in [-0.25, -0.2) is 0 Å². The molecule has 0 aliphatic carbocycles. The molecule has 120 valence electrons. The first-order valence-electron chi connectivity index (χ1n) is 7.60. The second kappa shape index (κ2) is 7.09. The van der Waals surface area contributed by atoms with Gasteiger partial charge in [-0.1, -0.05) is 57.2 Å². The number of rotatable bonds is 4. The third-order valence-electron chi connectivity index (χ3n) is 3.45. The van der Waals surface area contributed by atoms with E-state index in [9.17, 15) is 9.59 Å². The zero-order valence-electron chi connectivity index (χ0n) is 13.7. The molecule has 0 bridgehead atoms. The molecular weight excluding hydrogens is 288 g/mol. The molecule has 0 saturated carbocycles. The molecule has 4 heteroatoms. The van der Waals surface area contributed by atoms with E-state index in [4.69, 9.17) is 0 Å². The summed E-state index contributed by atoms with van der Waals surface area (Å²) in [5, 5.41) is 5.50. The molecule has 2 N–H and O–H groups in total. The summed E-state index contributed by atoms with van der Waals surface area (Å²) in [6.07, 6.45) is 0. The molecule has 0 saturated heterocycles. The summed E-state index contributed by atoms with van der Waals surface area (Å²) in [7, 11) is 0. The van der Waals surface area contributed by atoms with E-state index in [2.05, 4.69) is 31.4 Å². The first-order chi connectivity index (χ1) is 10.9. The van der Waals surface area contributed by atoms with Crippen molar-refractivity contribution in [2.45, 2.75) is 26.2 Å². The number of anilines is 1. The van der Waals surface area contributed by atoms with Crippen LogP contribution in [-0.2, 0) is 10.2 Å². The van der Waals surface area contributed by atoms with Crippen molar-refractivity contribution < 1.29 is 9.59 Å². The second-order valence-electron chi connectivity index (χ2n) is 6.39. The van der Waals surface area contributed by atoms with E-state index < -0.39 is 0 Å². The monoisotopic (exact) mass is 310 g/mol. The molecule has 2 amide bonds. The number of hydrogen-bond acceptors (Lipinski definition) is 2. The standard InChI is InChI=1S/C19H22N2O2/c1-19(2,3)15-11-7-8-12-16(15)21-17(22)13-20-18(23)14-9-5-4-6-10-14/h4-12H,13H2,1-3H3,(H,20,23)(H,21,22). The molecule has 2 aromatic rings. The Balaban J connectivity index is 1.97. The number of hydrogen-bond donors (Lipinski definition) is 2. The number of amides is 2. The molecule has 2 rings (SSSR count). The molecule has 0 spiro atoms. The number of carbonyl (C=O) groups excluding carboxylic acids is 2. The lowest BCUT2D eigenvalue weighted by atomic mass is 9.86. The molecular formula is C19H22N2O2. The lowest BCUT2D eigenvalue weighted by Crippen LogP contribution is -2.33. The Hall–Kier alpha value is -2.62. The molecule has 23 heavy (non-hydrogen) atoms. The van der Waals surface area contributed by atoms with Gasteiger partial charge in [-0.2, -0.15) is 0 Å². The van der Waals surface area contributed by atoms with Gasteiger partial charge in [0.2, 0.25) is 5.91 Å².